The van der Waals surface area contributed by atoms with Gasteiger partial charge in [0.05, 0.1) is 21.7 Å². The van der Waals surface area contributed by atoms with Gasteiger partial charge in [-0.25, -0.2) is 8.42 Å². The second-order valence-electron chi connectivity index (χ2n) is 6.08. The highest BCUT2D eigenvalue weighted by Crippen LogP contribution is 2.28. The van der Waals surface area contributed by atoms with Crippen LogP contribution in [0.25, 0.3) is 10.2 Å². The molecule has 0 saturated carbocycles. The van der Waals surface area contributed by atoms with Crippen molar-refractivity contribution in [2.24, 2.45) is 0 Å². The maximum atomic E-state index is 12.5. The van der Waals surface area contributed by atoms with Gasteiger partial charge in [0.2, 0.25) is 10.0 Å². The van der Waals surface area contributed by atoms with Crippen molar-refractivity contribution in [2.75, 3.05) is 4.72 Å². The standard InChI is InChI=1S/C17H16Cl2N2O3S2/c1-10(2)21-15-7-6-11(8-16(15)25-17(21)22)20-26(23,24)9-12-13(18)4-3-5-14(12)19/h3-8,10,20H,9H2,1-2H3. The summed E-state index contributed by atoms with van der Waals surface area (Å²) in [6.45, 7) is 3.86. The Hall–Kier alpha value is -1.54. The number of fused-ring (bicyclic) bond motifs is 1. The molecule has 138 valence electrons. The minimum atomic E-state index is -3.72. The molecule has 0 fully saturated rings. The van der Waals surface area contributed by atoms with Gasteiger partial charge in [-0.2, -0.15) is 0 Å². The number of hydrogen-bond acceptors (Lipinski definition) is 4. The quantitative estimate of drug-likeness (QED) is 0.625. The van der Waals surface area contributed by atoms with E-state index in [1.54, 1.807) is 41.0 Å². The zero-order chi connectivity index (χ0) is 19.1. The molecule has 1 aromatic heterocycles. The molecule has 0 amide bonds. The number of halogens is 2. The molecule has 0 bridgehead atoms. The molecule has 3 rings (SSSR count). The van der Waals surface area contributed by atoms with Crippen molar-refractivity contribution in [3.63, 3.8) is 0 Å². The van der Waals surface area contributed by atoms with Crippen LogP contribution in [-0.4, -0.2) is 13.0 Å². The summed E-state index contributed by atoms with van der Waals surface area (Å²) in [7, 11) is -3.72. The minimum Gasteiger partial charge on any atom is -0.296 e. The van der Waals surface area contributed by atoms with E-state index in [4.69, 9.17) is 23.2 Å². The van der Waals surface area contributed by atoms with Gasteiger partial charge in [-0.15, -0.1) is 0 Å². The second kappa shape index (κ2) is 7.23. The summed E-state index contributed by atoms with van der Waals surface area (Å²) < 4.78 is 29.9. The maximum Gasteiger partial charge on any atom is 0.308 e. The van der Waals surface area contributed by atoms with E-state index in [2.05, 4.69) is 4.72 Å². The van der Waals surface area contributed by atoms with E-state index in [-0.39, 0.29) is 16.7 Å². The topological polar surface area (TPSA) is 68.2 Å². The van der Waals surface area contributed by atoms with Crippen LogP contribution >= 0.6 is 34.5 Å². The van der Waals surface area contributed by atoms with Crippen LogP contribution < -0.4 is 9.60 Å². The number of benzene rings is 2. The Bertz CT molecular complexity index is 1110. The number of rotatable bonds is 5. The SMILES string of the molecule is CC(C)n1c(=O)sc2cc(NS(=O)(=O)Cc3c(Cl)cccc3Cl)ccc21. The fourth-order valence-electron chi connectivity index (χ4n) is 2.66. The molecular formula is C17H16Cl2N2O3S2. The monoisotopic (exact) mass is 430 g/mol. The predicted octanol–water partition coefficient (Wildman–Crippen LogP) is 4.89. The number of thiazole rings is 1. The summed E-state index contributed by atoms with van der Waals surface area (Å²) in [5, 5.41) is 0.594. The highest BCUT2D eigenvalue weighted by atomic mass is 35.5. The van der Waals surface area contributed by atoms with Gasteiger partial charge in [0.15, 0.2) is 0 Å². The fourth-order valence-corrected chi connectivity index (χ4v) is 5.66. The van der Waals surface area contributed by atoms with Crippen LogP contribution in [-0.2, 0) is 15.8 Å². The number of nitrogens with zero attached hydrogens (tertiary/aromatic N) is 1. The Morgan fingerprint density at radius 1 is 1.15 bits per heavy atom. The predicted molar refractivity (Wildman–Crippen MR) is 109 cm³/mol. The molecule has 2 aromatic carbocycles. The lowest BCUT2D eigenvalue weighted by Crippen LogP contribution is -2.16. The summed E-state index contributed by atoms with van der Waals surface area (Å²) in [5.41, 5.74) is 1.52. The highest BCUT2D eigenvalue weighted by Gasteiger charge is 2.18. The molecule has 5 nitrogen and oxygen atoms in total. The number of anilines is 1. The van der Waals surface area contributed by atoms with Crippen molar-refractivity contribution < 1.29 is 8.42 Å². The first-order valence-corrected chi connectivity index (χ1v) is 11.0. The van der Waals surface area contributed by atoms with Crippen LogP contribution in [0, 0.1) is 0 Å². The van der Waals surface area contributed by atoms with Gasteiger partial charge >= 0.3 is 4.87 Å². The molecular weight excluding hydrogens is 415 g/mol. The number of aromatic nitrogens is 1. The summed E-state index contributed by atoms with van der Waals surface area (Å²) in [5.74, 6) is -0.340. The van der Waals surface area contributed by atoms with Gasteiger partial charge < -0.3 is 0 Å². The van der Waals surface area contributed by atoms with Crippen molar-refractivity contribution in [1.82, 2.24) is 4.57 Å². The molecule has 0 aliphatic heterocycles. The van der Waals surface area contributed by atoms with Gasteiger partial charge in [0, 0.05) is 21.7 Å². The van der Waals surface area contributed by atoms with Gasteiger partial charge in [0.1, 0.15) is 0 Å². The van der Waals surface area contributed by atoms with Crippen molar-refractivity contribution in [3.8, 4) is 0 Å². The van der Waals surface area contributed by atoms with Crippen molar-refractivity contribution >= 4 is 60.5 Å². The molecule has 3 aromatic rings. The molecule has 0 radical (unpaired) electrons. The Balaban J connectivity index is 1.92. The number of hydrogen-bond donors (Lipinski definition) is 1. The second-order valence-corrected chi connectivity index (χ2v) is 9.61. The third-order valence-corrected chi connectivity index (χ3v) is 6.64. The third kappa shape index (κ3) is 3.91. The third-order valence-electron chi connectivity index (χ3n) is 3.80. The summed E-state index contributed by atoms with van der Waals surface area (Å²) in [4.78, 5) is 12.0. The van der Waals surface area contributed by atoms with E-state index in [1.807, 2.05) is 13.8 Å². The maximum absolute atomic E-state index is 12.5. The van der Waals surface area contributed by atoms with Gasteiger partial charge in [-0.05, 0) is 44.2 Å². The van der Waals surface area contributed by atoms with E-state index in [9.17, 15) is 13.2 Å². The Morgan fingerprint density at radius 3 is 2.42 bits per heavy atom. The molecule has 1 heterocycles. The Labute approximate surface area is 165 Å². The van der Waals surface area contributed by atoms with Crippen LogP contribution in [0.3, 0.4) is 0 Å². The van der Waals surface area contributed by atoms with Crippen LogP contribution in [0.1, 0.15) is 25.5 Å². The first-order valence-electron chi connectivity index (χ1n) is 7.76. The molecule has 26 heavy (non-hydrogen) atoms. The summed E-state index contributed by atoms with van der Waals surface area (Å²) in [6, 6.07) is 9.91. The average molecular weight is 431 g/mol. The van der Waals surface area contributed by atoms with E-state index in [0.29, 0.717) is 21.3 Å². The first-order chi connectivity index (χ1) is 12.2. The zero-order valence-corrected chi connectivity index (χ0v) is 17.1. The van der Waals surface area contributed by atoms with E-state index < -0.39 is 10.0 Å². The normalized spacial score (nSPS) is 12.0. The lowest BCUT2D eigenvalue weighted by atomic mass is 10.2. The highest BCUT2D eigenvalue weighted by molar-refractivity contribution is 7.91. The van der Waals surface area contributed by atoms with Crippen LogP contribution in [0.4, 0.5) is 5.69 Å². The van der Waals surface area contributed by atoms with Crippen molar-refractivity contribution in [3.05, 3.63) is 61.7 Å². The van der Waals surface area contributed by atoms with Gasteiger partial charge in [0.25, 0.3) is 0 Å². The van der Waals surface area contributed by atoms with Gasteiger partial charge in [-0.1, -0.05) is 40.6 Å². The van der Waals surface area contributed by atoms with E-state index in [0.717, 1.165) is 21.6 Å². The Kier molecular flexibility index (Phi) is 5.35. The average Bonchev–Trinajstić information content (AvgIpc) is 2.86. The molecule has 0 aliphatic carbocycles. The fraction of sp³-hybridized carbons (Fsp3) is 0.235. The molecule has 0 spiro atoms. The molecule has 0 atom stereocenters. The van der Waals surface area contributed by atoms with Crippen LogP contribution in [0.2, 0.25) is 10.0 Å². The van der Waals surface area contributed by atoms with Gasteiger partial charge in [-0.3, -0.25) is 14.1 Å². The van der Waals surface area contributed by atoms with Crippen molar-refractivity contribution in [2.45, 2.75) is 25.6 Å². The number of nitrogens with one attached hydrogen (secondary N) is 1. The lowest BCUT2D eigenvalue weighted by Gasteiger charge is -2.11. The summed E-state index contributed by atoms with van der Waals surface area (Å²) in [6.07, 6.45) is 0. The molecule has 9 heteroatoms. The summed E-state index contributed by atoms with van der Waals surface area (Å²) >= 11 is 13.2. The van der Waals surface area contributed by atoms with E-state index in [1.165, 1.54) is 0 Å². The molecule has 0 unspecified atom stereocenters. The van der Waals surface area contributed by atoms with Crippen LogP contribution in [0.5, 0.6) is 0 Å². The lowest BCUT2D eigenvalue weighted by molar-refractivity contribution is 0.600. The first kappa shape index (κ1) is 19.2. The molecule has 1 N–H and O–H groups in total. The zero-order valence-electron chi connectivity index (χ0n) is 14.0. The minimum absolute atomic E-state index is 0.0288. The molecule has 0 aliphatic rings. The molecule has 0 saturated heterocycles. The Morgan fingerprint density at radius 2 is 1.81 bits per heavy atom. The van der Waals surface area contributed by atoms with Crippen LogP contribution in [0.15, 0.2) is 41.2 Å². The van der Waals surface area contributed by atoms with Crippen molar-refractivity contribution in [1.29, 1.82) is 0 Å². The van der Waals surface area contributed by atoms with E-state index >= 15 is 0 Å². The smallest absolute Gasteiger partial charge is 0.296 e. The largest absolute Gasteiger partial charge is 0.308 e. The number of sulfonamides is 1.